The number of nitrogens with one attached hydrogen (secondary N) is 1. The first-order valence-electron chi connectivity index (χ1n) is 12.2. The molecule has 5 nitrogen and oxygen atoms in total. The van der Waals surface area contributed by atoms with E-state index in [1.165, 1.54) is 6.07 Å². The summed E-state index contributed by atoms with van der Waals surface area (Å²) in [5.74, 6) is -0.566. The monoisotopic (exact) mass is 473 g/mol. The third-order valence-electron chi connectivity index (χ3n) is 7.42. The zero-order valence-electron chi connectivity index (χ0n) is 19.6. The second kappa shape index (κ2) is 10.0. The van der Waals surface area contributed by atoms with E-state index in [9.17, 15) is 14.0 Å². The second-order valence-electron chi connectivity index (χ2n) is 9.70. The zero-order chi connectivity index (χ0) is 24.3. The summed E-state index contributed by atoms with van der Waals surface area (Å²) in [4.78, 5) is 26.4. The third kappa shape index (κ3) is 5.13. The minimum absolute atomic E-state index is 0.117. The molecule has 6 rings (SSSR count). The van der Waals surface area contributed by atoms with Gasteiger partial charge in [0.05, 0.1) is 13.1 Å². The molecular formula is C29H30FN2O3+. The largest absolute Gasteiger partial charge is 0.454 e. The number of rotatable bonds is 8. The molecule has 0 aliphatic carbocycles. The number of para-hydroxylation sites is 1. The molecule has 1 unspecified atom stereocenters. The highest BCUT2D eigenvalue weighted by Crippen LogP contribution is 2.37. The minimum atomic E-state index is -0.964. The van der Waals surface area contributed by atoms with Crippen molar-refractivity contribution in [2.45, 2.75) is 25.0 Å². The van der Waals surface area contributed by atoms with Crippen molar-refractivity contribution < 1.29 is 23.2 Å². The van der Waals surface area contributed by atoms with Crippen LogP contribution >= 0.6 is 0 Å². The molecule has 2 bridgehead atoms. The number of ketones is 1. The van der Waals surface area contributed by atoms with E-state index in [1.54, 1.807) is 18.2 Å². The normalized spacial score (nSPS) is 23.9. The Labute approximate surface area is 205 Å². The number of esters is 1. The summed E-state index contributed by atoms with van der Waals surface area (Å²) >= 11 is 0. The van der Waals surface area contributed by atoms with Crippen LogP contribution in [0.3, 0.4) is 0 Å². The second-order valence-corrected chi connectivity index (χ2v) is 9.70. The Morgan fingerprint density at radius 3 is 2.23 bits per heavy atom. The Hall–Kier alpha value is -3.51. The number of quaternary nitrogens is 1. The predicted octanol–water partition coefficient (Wildman–Crippen LogP) is 5.01. The lowest BCUT2D eigenvalue weighted by Gasteiger charge is -2.51. The van der Waals surface area contributed by atoms with Gasteiger partial charge >= 0.3 is 5.97 Å². The van der Waals surface area contributed by atoms with Crippen molar-refractivity contribution in [1.29, 1.82) is 0 Å². The van der Waals surface area contributed by atoms with Crippen LogP contribution in [-0.4, -0.2) is 48.5 Å². The molecule has 2 atom stereocenters. The number of fused-ring (bicyclic) bond motifs is 3. The molecule has 3 fully saturated rings. The third-order valence-corrected chi connectivity index (χ3v) is 7.42. The van der Waals surface area contributed by atoms with Crippen LogP contribution in [0.25, 0.3) is 0 Å². The number of anilines is 1. The van der Waals surface area contributed by atoms with Gasteiger partial charge < -0.3 is 14.5 Å². The van der Waals surface area contributed by atoms with E-state index in [1.807, 2.05) is 60.7 Å². The molecule has 3 saturated heterocycles. The Morgan fingerprint density at radius 1 is 0.914 bits per heavy atom. The van der Waals surface area contributed by atoms with Crippen LogP contribution in [0.2, 0.25) is 0 Å². The maximum Gasteiger partial charge on any atom is 0.333 e. The average molecular weight is 474 g/mol. The predicted molar refractivity (Wildman–Crippen MR) is 132 cm³/mol. The van der Waals surface area contributed by atoms with Gasteiger partial charge in [-0.05, 0) is 18.2 Å². The summed E-state index contributed by atoms with van der Waals surface area (Å²) in [6, 6.07) is 24.0. The molecule has 3 aromatic rings. The molecule has 0 radical (unpaired) electrons. The van der Waals surface area contributed by atoms with E-state index in [-0.39, 0.29) is 23.4 Å². The molecule has 0 amide bonds. The number of nitrogens with zero attached hydrogens (tertiary/aromatic N) is 1. The lowest BCUT2D eigenvalue weighted by Crippen LogP contribution is -2.65. The van der Waals surface area contributed by atoms with Gasteiger partial charge in [-0.2, -0.15) is 0 Å². The smallest absolute Gasteiger partial charge is 0.333 e. The number of piperidine rings is 3. The quantitative estimate of drug-likeness (QED) is 0.284. The topological polar surface area (TPSA) is 55.4 Å². The molecule has 3 aromatic carbocycles. The first-order valence-corrected chi connectivity index (χ1v) is 12.2. The van der Waals surface area contributed by atoms with Crippen molar-refractivity contribution in [1.82, 2.24) is 0 Å². The van der Waals surface area contributed by atoms with Gasteiger partial charge in [-0.15, -0.1) is 0 Å². The molecule has 0 spiro atoms. The van der Waals surface area contributed by atoms with E-state index >= 15 is 0 Å². The summed E-state index contributed by atoms with van der Waals surface area (Å²) < 4.78 is 21.4. The summed E-state index contributed by atoms with van der Waals surface area (Å²) in [5, 5.41) is 3.16. The SMILES string of the molecule is O=C(C[N+]12CCC(CC1)[C@@H](OC(=O)C(Nc1ccccc1)c1ccccc1F)C2)c1ccccc1. The maximum atomic E-state index is 14.7. The van der Waals surface area contributed by atoms with Crippen molar-refractivity contribution in [3.8, 4) is 0 Å². The van der Waals surface area contributed by atoms with Crippen LogP contribution in [0.5, 0.6) is 0 Å². The van der Waals surface area contributed by atoms with Crippen LogP contribution in [0.1, 0.15) is 34.8 Å². The molecule has 6 heteroatoms. The van der Waals surface area contributed by atoms with Crippen molar-refractivity contribution in [2.75, 3.05) is 31.5 Å². The Morgan fingerprint density at radius 2 is 1.54 bits per heavy atom. The summed E-state index contributed by atoms with van der Waals surface area (Å²) in [7, 11) is 0. The van der Waals surface area contributed by atoms with Gasteiger partial charge in [0.1, 0.15) is 18.9 Å². The highest BCUT2D eigenvalue weighted by molar-refractivity contribution is 5.97. The lowest BCUT2D eigenvalue weighted by atomic mass is 9.82. The van der Waals surface area contributed by atoms with E-state index in [2.05, 4.69) is 5.32 Å². The van der Waals surface area contributed by atoms with Gasteiger partial charge in [-0.25, -0.2) is 9.18 Å². The first-order chi connectivity index (χ1) is 17.0. The van der Waals surface area contributed by atoms with Crippen molar-refractivity contribution in [3.63, 3.8) is 0 Å². The van der Waals surface area contributed by atoms with Crippen molar-refractivity contribution >= 4 is 17.4 Å². The first kappa shape index (κ1) is 23.2. The Bertz CT molecular complexity index is 1180. The van der Waals surface area contributed by atoms with Crippen LogP contribution in [0.4, 0.5) is 10.1 Å². The maximum absolute atomic E-state index is 14.7. The fraction of sp³-hybridized carbons (Fsp3) is 0.310. The number of benzene rings is 3. The number of halogens is 1. The van der Waals surface area contributed by atoms with E-state index in [0.717, 1.165) is 25.9 Å². The minimum Gasteiger partial charge on any atom is -0.454 e. The highest BCUT2D eigenvalue weighted by atomic mass is 19.1. The van der Waals surface area contributed by atoms with E-state index < -0.39 is 17.8 Å². The van der Waals surface area contributed by atoms with Gasteiger partial charge in [0.2, 0.25) is 5.78 Å². The standard InChI is InChI=1S/C29H30FN2O3/c30-25-14-8-7-13-24(25)28(31-23-11-5-2-6-12-23)29(34)35-27-20-32(17-15-22(27)16-18-32)19-26(33)21-9-3-1-4-10-21/h1-14,22,27-28,31H,15-20H2/q+1/t22?,27-,28?,32?/m0/s1. The molecule has 0 aromatic heterocycles. The van der Waals surface area contributed by atoms with Gasteiger partial charge in [0, 0.05) is 35.6 Å². The lowest BCUT2D eigenvalue weighted by molar-refractivity contribution is -0.938. The number of ether oxygens (including phenoxy) is 1. The highest BCUT2D eigenvalue weighted by Gasteiger charge is 2.49. The van der Waals surface area contributed by atoms with Crippen LogP contribution < -0.4 is 5.32 Å². The van der Waals surface area contributed by atoms with Crippen molar-refractivity contribution in [3.05, 3.63) is 102 Å². The molecule has 3 aliphatic rings. The van der Waals surface area contributed by atoms with Crippen LogP contribution in [0.15, 0.2) is 84.9 Å². The molecule has 3 heterocycles. The zero-order valence-corrected chi connectivity index (χ0v) is 19.6. The summed E-state index contributed by atoms with van der Waals surface area (Å²) in [6.07, 6.45) is 1.54. The Balaban J connectivity index is 1.33. The fourth-order valence-corrected chi connectivity index (χ4v) is 5.49. The van der Waals surface area contributed by atoms with Gasteiger partial charge in [-0.1, -0.05) is 66.7 Å². The van der Waals surface area contributed by atoms with Crippen LogP contribution in [-0.2, 0) is 9.53 Å². The molecular weight excluding hydrogens is 443 g/mol. The number of carbonyl (C=O) groups is 2. The molecule has 3 aliphatic heterocycles. The van der Waals surface area contributed by atoms with E-state index in [4.69, 9.17) is 4.74 Å². The Kier molecular flexibility index (Phi) is 6.64. The summed E-state index contributed by atoms with van der Waals surface area (Å²) in [6.45, 7) is 2.85. The average Bonchev–Trinajstić information content (AvgIpc) is 2.89. The van der Waals surface area contributed by atoms with Gasteiger partial charge in [-0.3, -0.25) is 4.79 Å². The number of Topliss-reactive ketones (excluding diaryl/α,β-unsaturated/α-hetero) is 1. The molecule has 35 heavy (non-hydrogen) atoms. The fourth-order valence-electron chi connectivity index (χ4n) is 5.49. The molecule has 180 valence electrons. The number of carbonyl (C=O) groups excluding carboxylic acids is 2. The molecule has 1 N–H and O–H groups in total. The molecule has 0 saturated carbocycles. The van der Waals surface area contributed by atoms with Gasteiger partial charge in [0.25, 0.3) is 0 Å². The van der Waals surface area contributed by atoms with Gasteiger partial charge in [0.15, 0.2) is 12.1 Å². The number of hydrogen-bond donors (Lipinski definition) is 1. The summed E-state index contributed by atoms with van der Waals surface area (Å²) in [5.41, 5.74) is 1.68. The van der Waals surface area contributed by atoms with E-state index in [0.29, 0.717) is 28.8 Å². The van der Waals surface area contributed by atoms with Crippen LogP contribution in [0, 0.1) is 11.7 Å². The number of hydrogen-bond acceptors (Lipinski definition) is 4. The van der Waals surface area contributed by atoms with Crippen molar-refractivity contribution in [2.24, 2.45) is 5.92 Å².